The second-order valence-electron chi connectivity index (χ2n) is 5.15. The summed E-state index contributed by atoms with van der Waals surface area (Å²) in [6, 6.07) is 11.6. The van der Waals surface area contributed by atoms with Crippen molar-refractivity contribution in [3.63, 3.8) is 0 Å². The van der Waals surface area contributed by atoms with Crippen LogP contribution < -0.4 is 5.32 Å². The first-order valence-corrected chi connectivity index (χ1v) is 9.44. The molecular formula is C15H18BrNO3S. The van der Waals surface area contributed by atoms with E-state index in [1.807, 2.05) is 43.3 Å². The minimum absolute atomic E-state index is 0.112. The van der Waals surface area contributed by atoms with Crippen molar-refractivity contribution >= 4 is 25.8 Å². The Hall–Kier alpha value is -1.11. The first kappa shape index (κ1) is 16.3. The van der Waals surface area contributed by atoms with Crippen LogP contribution in [0.15, 0.2) is 45.3 Å². The predicted molar refractivity (Wildman–Crippen MR) is 87.9 cm³/mol. The molecule has 1 unspecified atom stereocenters. The molecule has 0 aliphatic heterocycles. The Morgan fingerprint density at radius 2 is 2.05 bits per heavy atom. The summed E-state index contributed by atoms with van der Waals surface area (Å²) in [7, 11) is -2.97. The summed E-state index contributed by atoms with van der Waals surface area (Å²) in [5, 5.41) is 3.15. The Bertz CT molecular complexity index is 709. The molecule has 1 heterocycles. The minimum atomic E-state index is -2.97. The molecule has 0 bridgehead atoms. The van der Waals surface area contributed by atoms with Crippen LogP contribution >= 0.6 is 15.9 Å². The van der Waals surface area contributed by atoms with E-state index in [0.717, 1.165) is 21.6 Å². The summed E-state index contributed by atoms with van der Waals surface area (Å²) in [5.41, 5.74) is 1.000. The molecule has 1 aromatic heterocycles. The van der Waals surface area contributed by atoms with Gasteiger partial charge < -0.3 is 9.73 Å². The van der Waals surface area contributed by atoms with Gasteiger partial charge in [-0.1, -0.05) is 28.1 Å². The Balaban J connectivity index is 1.98. The molecule has 1 N–H and O–H groups in total. The Labute approximate surface area is 133 Å². The highest BCUT2D eigenvalue weighted by molar-refractivity contribution is 9.10. The summed E-state index contributed by atoms with van der Waals surface area (Å²) in [6.07, 6.45) is 1.24. The van der Waals surface area contributed by atoms with E-state index in [-0.39, 0.29) is 11.8 Å². The van der Waals surface area contributed by atoms with Crippen molar-refractivity contribution < 1.29 is 12.8 Å². The van der Waals surface area contributed by atoms with Crippen molar-refractivity contribution in [1.29, 1.82) is 0 Å². The SMILES string of the molecule is CC(CS(C)(=O)=O)NCc1ccc(-c2cccc(Br)c2)o1. The number of benzene rings is 1. The number of furan rings is 1. The molecule has 2 aromatic rings. The van der Waals surface area contributed by atoms with Crippen molar-refractivity contribution in [3.05, 3.63) is 46.6 Å². The van der Waals surface area contributed by atoms with E-state index in [1.165, 1.54) is 6.26 Å². The van der Waals surface area contributed by atoms with E-state index < -0.39 is 9.84 Å². The van der Waals surface area contributed by atoms with Crippen LogP contribution in [0.4, 0.5) is 0 Å². The molecule has 1 aromatic carbocycles. The molecule has 114 valence electrons. The molecule has 1 atom stereocenters. The van der Waals surface area contributed by atoms with Gasteiger partial charge >= 0.3 is 0 Å². The van der Waals surface area contributed by atoms with Crippen molar-refractivity contribution in [3.8, 4) is 11.3 Å². The average molecular weight is 372 g/mol. The molecule has 0 fully saturated rings. The number of nitrogens with one attached hydrogen (secondary N) is 1. The van der Waals surface area contributed by atoms with Gasteiger partial charge in [-0.25, -0.2) is 8.42 Å². The van der Waals surface area contributed by atoms with Gasteiger partial charge in [0.2, 0.25) is 0 Å². The van der Waals surface area contributed by atoms with Crippen molar-refractivity contribution in [2.24, 2.45) is 0 Å². The maximum Gasteiger partial charge on any atom is 0.148 e. The van der Waals surface area contributed by atoms with E-state index in [2.05, 4.69) is 21.2 Å². The summed E-state index contributed by atoms with van der Waals surface area (Å²) in [5.74, 6) is 1.70. The standard InChI is InChI=1S/C15H18BrNO3S/c1-11(10-21(2,18)19)17-9-14-6-7-15(20-14)12-4-3-5-13(16)8-12/h3-8,11,17H,9-10H2,1-2H3. The third-order valence-corrected chi connectivity index (χ3v) is 4.55. The monoisotopic (exact) mass is 371 g/mol. The molecular weight excluding hydrogens is 354 g/mol. The molecule has 4 nitrogen and oxygen atoms in total. The van der Waals surface area contributed by atoms with Crippen LogP contribution in [0, 0.1) is 0 Å². The molecule has 21 heavy (non-hydrogen) atoms. The normalized spacial score (nSPS) is 13.3. The third kappa shape index (κ3) is 5.30. The smallest absolute Gasteiger partial charge is 0.148 e. The first-order valence-electron chi connectivity index (χ1n) is 6.59. The molecule has 2 rings (SSSR count). The van der Waals surface area contributed by atoms with Gasteiger partial charge in [0.05, 0.1) is 12.3 Å². The zero-order chi connectivity index (χ0) is 15.5. The number of hydrogen-bond acceptors (Lipinski definition) is 4. The Morgan fingerprint density at radius 3 is 2.71 bits per heavy atom. The van der Waals surface area contributed by atoms with Crippen LogP contribution in [-0.4, -0.2) is 26.5 Å². The zero-order valence-electron chi connectivity index (χ0n) is 12.0. The lowest BCUT2D eigenvalue weighted by Crippen LogP contribution is -2.32. The molecule has 0 aliphatic carbocycles. The molecule has 0 radical (unpaired) electrons. The van der Waals surface area contributed by atoms with Crippen LogP contribution in [-0.2, 0) is 16.4 Å². The zero-order valence-corrected chi connectivity index (χ0v) is 14.4. The lowest BCUT2D eigenvalue weighted by atomic mass is 10.2. The molecule has 0 aliphatic rings. The van der Waals surface area contributed by atoms with Gasteiger partial charge in [0.1, 0.15) is 21.4 Å². The molecule has 0 saturated carbocycles. The van der Waals surface area contributed by atoms with E-state index in [9.17, 15) is 8.42 Å². The topological polar surface area (TPSA) is 59.3 Å². The van der Waals surface area contributed by atoms with E-state index in [4.69, 9.17) is 4.42 Å². The van der Waals surface area contributed by atoms with Crippen molar-refractivity contribution in [1.82, 2.24) is 5.32 Å². The van der Waals surface area contributed by atoms with Gasteiger partial charge in [-0.15, -0.1) is 0 Å². The van der Waals surface area contributed by atoms with Crippen LogP contribution in [0.3, 0.4) is 0 Å². The lowest BCUT2D eigenvalue weighted by Gasteiger charge is -2.11. The number of rotatable bonds is 6. The highest BCUT2D eigenvalue weighted by Gasteiger charge is 2.11. The largest absolute Gasteiger partial charge is 0.460 e. The van der Waals surface area contributed by atoms with Crippen LogP contribution in [0.2, 0.25) is 0 Å². The van der Waals surface area contributed by atoms with E-state index in [0.29, 0.717) is 6.54 Å². The maximum atomic E-state index is 11.2. The number of sulfone groups is 1. The van der Waals surface area contributed by atoms with E-state index in [1.54, 1.807) is 0 Å². The van der Waals surface area contributed by atoms with Crippen LogP contribution in [0.1, 0.15) is 12.7 Å². The van der Waals surface area contributed by atoms with Gasteiger partial charge in [0.25, 0.3) is 0 Å². The fourth-order valence-electron chi connectivity index (χ4n) is 2.06. The van der Waals surface area contributed by atoms with E-state index >= 15 is 0 Å². The quantitative estimate of drug-likeness (QED) is 0.846. The predicted octanol–water partition coefficient (Wildman–Crippen LogP) is 3.23. The second kappa shape index (κ2) is 6.77. The van der Waals surface area contributed by atoms with Gasteiger partial charge in [0, 0.05) is 22.3 Å². The first-order chi connectivity index (χ1) is 9.83. The van der Waals surface area contributed by atoms with Gasteiger partial charge in [0.15, 0.2) is 0 Å². The van der Waals surface area contributed by atoms with Crippen LogP contribution in [0.5, 0.6) is 0 Å². The van der Waals surface area contributed by atoms with Gasteiger partial charge in [-0.3, -0.25) is 0 Å². The lowest BCUT2D eigenvalue weighted by molar-refractivity contribution is 0.472. The maximum absolute atomic E-state index is 11.2. The summed E-state index contributed by atoms with van der Waals surface area (Å²) in [6.45, 7) is 2.35. The highest BCUT2D eigenvalue weighted by atomic mass is 79.9. The summed E-state index contributed by atoms with van der Waals surface area (Å²) >= 11 is 3.43. The fourth-order valence-corrected chi connectivity index (χ4v) is 3.48. The van der Waals surface area contributed by atoms with Crippen molar-refractivity contribution in [2.45, 2.75) is 19.5 Å². The fraction of sp³-hybridized carbons (Fsp3) is 0.333. The Morgan fingerprint density at radius 1 is 1.29 bits per heavy atom. The number of halogens is 1. The third-order valence-electron chi connectivity index (χ3n) is 2.95. The summed E-state index contributed by atoms with van der Waals surface area (Å²) < 4.78 is 29.2. The molecule has 0 saturated heterocycles. The molecule has 6 heteroatoms. The molecule has 0 spiro atoms. The Kier molecular flexibility index (Phi) is 5.24. The molecule has 0 amide bonds. The average Bonchev–Trinajstić information content (AvgIpc) is 2.83. The highest BCUT2D eigenvalue weighted by Crippen LogP contribution is 2.24. The van der Waals surface area contributed by atoms with Gasteiger partial charge in [-0.2, -0.15) is 0 Å². The van der Waals surface area contributed by atoms with Crippen LogP contribution in [0.25, 0.3) is 11.3 Å². The van der Waals surface area contributed by atoms with Crippen molar-refractivity contribution in [2.75, 3.05) is 12.0 Å². The van der Waals surface area contributed by atoms with Gasteiger partial charge in [-0.05, 0) is 31.2 Å². The number of hydrogen-bond donors (Lipinski definition) is 1. The second-order valence-corrected chi connectivity index (χ2v) is 8.25. The minimum Gasteiger partial charge on any atom is -0.460 e. The summed E-state index contributed by atoms with van der Waals surface area (Å²) in [4.78, 5) is 0.